The molecule has 2 aliphatic heterocycles. The summed E-state index contributed by atoms with van der Waals surface area (Å²) in [6, 6.07) is 17.1. The second kappa shape index (κ2) is 11.4. The van der Waals surface area contributed by atoms with Crippen LogP contribution in [0.3, 0.4) is 0 Å². The summed E-state index contributed by atoms with van der Waals surface area (Å²) in [5, 5.41) is 6.07. The molecule has 2 aliphatic rings. The molecule has 3 aromatic rings. The number of rotatable bonds is 10. The van der Waals surface area contributed by atoms with Crippen LogP contribution in [0, 0.1) is 0 Å². The number of nitrogens with two attached hydrogens (primary N) is 1. The third kappa shape index (κ3) is 6.18. The summed E-state index contributed by atoms with van der Waals surface area (Å²) < 4.78 is 16.5. The van der Waals surface area contributed by atoms with E-state index < -0.39 is 6.09 Å². The largest absolute Gasteiger partial charge is 0.480 e. The molecule has 0 spiro atoms. The molecule has 4 heterocycles. The topological polar surface area (TPSA) is 141 Å². The highest BCUT2D eigenvalue weighted by Gasteiger charge is 2.33. The van der Waals surface area contributed by atoms with E-state index in [0.717, 1.165) is 16.8 Å². The molecule has 0 saturated carbocycles. The van der Waals surface area contributed by atoms with Gasteiger partial charge in [-0.05, 0) is 49.7 Å². The predicted molar refractivity (Wildman–Crippen MR) is 141 cm³/mol. The van der Waals surface area contributed by atoms with Gasteiger partial charge in [0.15, 0.2) is 18.2 Å². The summed E-state index contributed by atoms with van der Waals surface area (Å²) in [5.74, 6) is 1.46. The van der Waals surface area contributed by atoms with Crippen LogP contribution in [0.25, 0.3) is 11.3 Å². The zero-order chi connectivity index (χ0) is 26.5. The Morgan fingerprint density at radius 1 is 1.18 bits per heavy atom. The molecule has 1 aromatic carbocycles. The van der Waals surface area contributed by atoms with Crippen molar-refractivity contribution in [1.82, 2.24) is 15.3 Å². The van der Waals surface area contributed by atoms with Crippen molar-refractivity contribution in [1.29, 1.82) is 0 Å². The van der Waals surface area contributed by atoms with Gasteiger partial charge in [-0.3, -0.25) is 9.69 Å². The molecule has 38 heavy (non-hydrogen) atoms. The fraction of sp³-hybridized carbons (Fsp3) is 0.333. The van der Waals surface area contributed by atoms with Crippen LogP contribution in [0.15, 0.2) is 54.6 Å². The minimum atomic E-state index is -0.460. The lowest BCUT2D eigenvalue weighted by Crippen LogP contribution is -2.29. The van der Waals surface area contributed by atoms with E-state index in [1.807, 2.05) is 37.3 Å². The van der Waals surface area contributed by atoms with Gasteiger partial charge in [-0.25, -0.2) is 14.8 Å². The number of hydrogen-bond acceptors (Lipinski definition) is 9. The van der Waals surface area contributed by atoms with E-state index in [0.29, 0.717) is 55.9 Å². The second-order valence-corrected chi connectivity index (χ2v) is 9.28. The molecule has 11 nitrogen and oxygen atoms in total. The third-order valence-corrected chi connectivity index (χ3v) is 6.02. The molecular weight excluding hydrogens is 488 g/mol. The number of pyridine rings is 2. The van der Waals surface area contributed by atoms with Gasteiger partial charge in [-0.15, -0.1) is 0 Å². The number of nitrogens with one attached hydrogen (secondary N) is 2. The molecule has 11 heteroatoms. The fourth-order valence-corrected chi connectivity index (χ4v) is 4.17. The summed E-state index contributed by atoms with van der Waals surface area (Å²) in [7, 11) is 0. The third-order valence-electron chi connectivity index (χ3n) is 6.02. The van der Waals surface area contributed by atoms with Crippen molar-refractivity contribution in [3.63, 3.8) is 0 Å². The molecule has 0 aliphatic carbocycles. The molecule has 2 atom stereocenters. The maximum absolute atomic E-state index is 12.4. The van der Waals surface area contributed by atoms with E-state index in [9.17, 15) is 9.59 Å². The Hall–Kier alpha value is -4.22. The summed E-state index contributed by atoms with van der Waals surface area (Å²) in [6.07, 6.45) is -0.0845. The van der Waals surface area contributed by atoms with Gasteiger partial charge in [0.25, 0.3) is 5.91 Å². The number of hydrogen-bond donors (Lipinski definition) is 3. The number of nitrogens with zero attached hydrogens (tertiary/aromatic N) is 3. The molecule has 4 N–H and O–H groups in total. The first kappa shape index (κ1) is 25.4. The predicted octanol–water partition coefficient (Wildman–Crippen LogP) is 2.71. The first-order chi connectivity index (χ1) is 18.4. The molecule has 0 radical (unpaired) electrons. The molecule has 1 fully saturated rings. The van der Waals surface area contributed by atoms with Crippen molar-refractivity contribution >= 4 is 23.6 Å². The van der Waals surface area contributed by atoms with Crippen molar-refractivity contribution < 1.29 is 23.8 Å². The molecular formula is C27H30N6O5. The Morgan fingerprint density at radius 3 is 2.92 bits per heavy atom. The van der Waals surface area contributed by atoms with E-state index in [1.54, 1.807) is 12.1 Å². The number of cyclic esters (lactones) is 1. The summed E-state index contributed by atoms with van der Waals surface area (Å²) in [6.45, 7) is 3.94. The maximum atomic E-state index is 12.4. The smallest absolute Gasteiger partial charge is 0.415 e. The first-order valence-electron chi connectivity index (χ1n) is 12.5. The van der Waals surface area contributed by atoms with E-state index in [4.69, 9.17) is 19.9 Å². The van der Waals surface area contributed by atoms with Crippen LogP contribution in [0.4, 0.5) is 16.4 Å². The second-order valence-electron chi connectivity index (χ2n) is 9.28. The van der Waals surface area contributed by atoms with Gasteiger partial charge in [0, 0.05) is 24.2 Å². The molecule has 5 rings (SSSR count). The van der Waals surface area contributed by atoms with Crippen LogP contribution in [0.5, 0.6) is 11.6 Å². The van der Waals surface area contributed by atoms with Crippen LogP contribution in [0.2, 0.25) is 0 Å². The fourth-order valence-electron chi connectivity index (χ4n) is 4.17. The zero-order valence-electron chi connectivity index (χ0n) is 21.1. The summed E-state index contributed by atoms with van der Waals surface area (Å²) >= 11 is 0. The van der Waals surface area contributed by atoms with Gasteiger partial charge in [-0.1, -0.05) is 24.3 Å². The van der Waals surface area contributed by atoms with Gasteiger partial charge in [-0.2, -0.15) is 0 Å². The van der Waals surface area contributed by atoms with E-state index in [1.165, 1.54) is 4.90 Å². The lowest BCUT2D eigenvalue weighted by Gasteiger charge is -2.19. The van der Waals surface area contributed by atoms with Gasteiger partial charge in [0.2, 0.25) is 5.88 Å². The Balaban J connectivity index is 1.12. The van der Waals surface area contributed by atoms with Crippen molar-refractivity contribution in [2.45, 2.75) is 32.0 Å². The first-order valence-corrected chi connectivity index (χ1v) is 12.5. The van der Waals surface area contributed by atoms with Crippen molar-refractivity contribution in [3.05, 3.63) is 60.2 Å². The van der Waals surface area contributed by atoms with Gasteiger partial charge in [0.05, 0.1) is 12.2 Å². The molecule has 2 aromatic heterocycles. The van der Waals surface area contributed by atoms with E-state index >= 15 is 0 Å². The number of carbonyl (C=O) groups is 2. The quantitative estimate of drug-likeness (QED) is 0.346. The van der Waals surface area contributed by atoms with Crippen LogP contribution < -0.4 is 30.7 Å². The SMILES string of the molecule is CC(N)COc1cccc(-c2cccc(CNCCC3CN(c4ccc5c(n4)NC(=O)CO5)C(=O)O3)c2)n1. The number of aromatic nitrogens is 2. The lowest BCUT2D eigenvalue weighted by molar-refractivity contribution is -0.118. The van der Waals surface area contributed by atoms with Gasteiger partial charge >= 0.3 is 6.09 Å². The average molecular weight is 519 g/mol. The number of benzene rings is 1. The molecule has 0 bridgehead atoms. The minimum Gasteiger partial charge on any atom is -0.480 e. The number of amides is 2. The number of carbonyl (C=O) groups excluding carboxylic acids is 2. The minimum absolute atomic E-state index is 0.0488. The average Bonchev–Trinajstić information content (AvgIpc) is 3.30. The highest BCUT2D eigenvalue weighted by atomic mass is 16.6. The van der Waals surface area contributed by atoms with Gasteiger partial charge < -0.3 is 30.6 Å². The monoisotopic (exact) mass is 518 g/mol. The number of ether oxygens (including phenoxy) is 3. The van der Waals surface area contributed by atoms with Crippen LogP contribution >= 0.6 is 0 Å². The zero-order valence-corrected chi connectivity index (χ0v) is 21.1. The van der Waals surface area contributed by atoms with Crippen molar-refractivity contribution in [3.8, 4) is 22.9 Å². The molecule has 2 amide bonds. The summed E-state index contributed by atoms with van der Waals surface area (Å²) in [5.41, 5.74) is 8.70. The van der Waals surface area contributed by atoms with E-state index in [2.05, 4.69) is 32.7 Å². The lowest BCUT2D eigenvalue weighted by atomic mass is 10.1. The Morgan fingerprint density at radius 2 is 2.05 bits per heavy atom. The van der Waals surface area contributed by atoms with E-state index in [-0.39, 0.29) is 24.7 Å². The highest BCUT2D eigenvalue weighted by Crippen LogP contribution is 2.30. The Kier molecular flexibility index (Phi) is 7.66. The highest BCUT2D eigenvalue weighted by molar-refractivity contribution is 5.95. The number of fused-ring (bicyclic) bond motifs is 1. The molecule has 198 valence electrons. The molecule has 1 saturated heterocycles. The normalized spacial score (nSPS) is 17.3. The van der Waals surface area contributed by atoms with Crippen LogP contribution in [-0.2, 0) is 16.1 Å². The van der Waals surface area contributed by atoms with Crippen molar-refractivity contribution in [2.24, 2.45) is 5.73 Å². The van der Waals surface area contributed by atoms with Crippen molar-refractivity contribution in [2.75, 3.05) is 36.5 Å². The number of anilines is 2. The maximum Gasteiger partial charge on any atom is 0.415 e. The molecule has 2 unspecified atom stereocenters. The Labute approximate surface area is 220 Å². The summed E-state index contributed by atoms with van der Waals surface area (Å²) in [4.78, 5) is 34.4. The van der Waals surface area contributed by atoms with Crippen LogP contribution in [0.1, 0.15) is 18.9 Å². The standard InChI is InChI=1S/C27H30N6O5/c1-17(28)15-37-25-7-3-6-21(30-25)19-5-2-4-18(12-19)13-29-11-10-20-14-33(27(35)38-20)23-9-8-22-26(31-23)32-24(34)16-36-22/h2-9,12,17,20,29H,10-11,13-16,28H2,1H3,(H,31,32,34). The van der Waals surface area contributed by atoms with Gasteiger partial charge in [0.1, 0.15) is 18.5 Å². The van der Waals surface area contributed by atoms with Crippen LogP contribution in [-0.4, -0.2) is 60.4 Å². The Bertz CT molecular complexity index is 1320.